The standard InChI is InChI=1S/C31H39N5O2/c1-24-9-14-28(15-10-24)38-29-16-11-26(12-17-29)34-31(32)35-27(23-25-7-3-2-4-8-25)13-18-30(37)33-19-22-36-20-5-6-21-36/h2-4,7-12,14-17,27H,5-6,13,18-23H2,1H3,(H,33,37)(H3,32,34,35)/t27-/m1/s1. The van der Waals surface area contributed by atoms with E-state index in [-0.39, 0.29) is 17.9 Å². The van der Waals surface area contributed by atoms with Gasteiger partial charge in [-0.25, -0.2) is 0 Å². The molecule has 4 N–H and O–H groups in total. The molecule has 0 aromatic heterocycles. The molecule has 38 heavy (non-hydrogen) atoms. The number of amides is 1. The summed E-state index contributed by atoms with van der Waals surface area (Å²) in [4.78, 5) is 14.9. The van der Waals surface area contributed by atoms with Crippen molar-refractivity contribution in [3.05, 3.63) is 90.0 Å². The minimum absolute atomic E-state index is 0.0501. The van der Waals surface area contributed by atoms with E-state index >= 15 is 0 Å². The van der Waals surface area contributed by atoms with E-state index in [1.54, 1.807) is 0 Å². The lowest BCUT2D eigenvalue weighted by molar-refractivity contribution is -0.121. The Morgan fingerprint density at radius 1 is 0.947 bits per heavy atom. The predicted molar refractivity (Wildman–Crippen MR) is 154 cm³/mol. The van der Waals surface area contributed by atoms with E-state index in [1.165, 1.54) is 24.0 Å². The van der Waals surface area contributed by atoms with Gasteiger partial charge in [-0.3, -0.25) is 10.2 Å². The highest BCUT2D eigenvalue weighted by Gasteiger charge is 2.15. The van der Waals surface area contributed by atoms with Crippen LogP contribution in [0.3, 0.4) is 0 Å². The number of rotatable bonds is 12. The largest absolute Gasteiger partial charge is 0.457 e. The zero-order chi connectivity index (χ0) is 26.6. The first kappa shape index (κ1) is 27.2. The van der Waals surface area contributed by atoms with Crippen molar-refractivity contribution in [2.24, 2.45) is 0 Å². The van der Waals surface area contributed by atoms with Gasteiger partial charge < -0.3 is 25.6 Å². The van der Waals surface area contributed by atoms with Crippen molar-refractivity contribution in [1.82, 2.24) is 15.5 Å². The van der Waals surface area contributed by atoms with Crippen molar-refractivity contribution in [3.63, 3.8) is 0 Å². The van der Waals surface area contributed by atoms with Gasteiger partial charge in [-0.05, 0) is 87.7 Å². The third-order valence-electron chi connectivity index (χ3n) is 6.72. The second kappa shape index (κ2) is 14.2. The highest BCUT2D eigenvalue weighted by Crippen LogP contribution is 2.23. The molecule has 0 aliphatic carbocycles. The Hall–Kier alpha value is -3.84. The number of carbonyl (C=O) groups is 1. The van der Waals surface area contributed by atoms with Gasteiger partial charge in [0.15, 0.2) is 5.96 Å². The summed E-state index contributed by atoms with van der Waals surface area (Å²) >= 11 is 0. The summed E-state index contributed by atoms with van der Waals surface area (Å²) in [7, 11) is 0. The first-order chi connectivity index (χ1) is 18.5. The van der Waals surface area contributed by atoms with Gasteiger partial charge in [0.1, 0.15) is 11.5 Å². The number of nitrogens with zero attached hydrogens (tertiary/aromatic N) is 1. The molecule has 1 atom stereocenters. The van der Waals surface area contributed by atoms with Gasteiger partial charge in [0.05, 0.1) is 0 Å². The smallest absolute Gasteiger partial charge is 0.220 e. The van der Waals surface area contributed by atoms with Crippen LogP contribution in [0.1, 0.15) is 36.8 Å². The Balaban J connectivity index is 1.26. The van der Waals surface area contributed by atoms with Crippen LogP contribution in [0.25, 0.3) is 0 Å². The van der Waals surface area contributed by atoms with Gasteiger partial charge in [0, 0.05) is 31.2 Å². The SMILES string of the molecule is Cc1ccc(Oc2ccc(NC(=N)N[C@H](CCC(=O)NCCN3CCCC3)Cc3ccccc3)cc2)cc1. The van der Waals surface area contributed by atoms with E-state index < -0.39 is 0 Å². The maximum Gasteiger partial charge on any atom is 0.220 e. The van der Waals surface area contributed by atoms with Crippen LogP contribution in [-0.2, 0) is 11.2 Å². The predicted octanol–water partition coefficient (Wildman–Crippen LogP) is 5.33. The van der Waals surface area contributed by atoms with E-state index in [1.807, 2.05) is 73.7 Å². The second-order valence-electron chi connectivity index (χ2n) is 9.91. The number of ether oxygens (including phenoxy) is 1. The lowest BCUT2D eigenvalue weighted by Gasteiger charge is -2.21. The fourth-order valence-corrected chi connectivity index (χ4v) is 4.61. The van der Waals surface area contributed by atoms with E-state index in [9.17, 15) is 4.79 Å². The lowest BCUT2D eigenvalue weighted by atomic mass is 10.0. The maximum absolute atomic E-state index is 12.5. The third kappa shape index (κ3) is 9.23. The fraction of sp³-hybridized carbons (Fsp3) is 0.355. The monoisotopic (exact) mass is 513 g/mol. The van der Waals surface area contributed by atoms with Crippen LogP contribution in [0.5, 0.6) is 11.5 Å². The summed E-state index contributed by atoms with van der Waals surface area (Å²) in [6.45, 7) is 5.92. The van der Waals surface area contributed by atoms with Crippen molar-refractivity contribution in [2.45, 2.75) is 45.1 Å². The average molecular weight is 514 g/mol. The normalized spacial score (nSPS) is 14.0. The molecular weight excluding hydrogens is 474 g/mol. The second-order valence-corrected chi connectivity index (χ2v) is 9.91. The average Bonchev–Trinajstić information content (AvgIpc) is 3.44. The van der Waals surface area contributed by atoms with Crippen LogP contribution in [0.15, 0.2) is 78.9 Å². The maximum atomic E-state index is 12.5. The van der Waals surface area contributed by atoms with Crippen LogP contribution in [0.2, 0.25) is 0 Å². The molecule has 1 amide bonds. The summed E-state index contributed by atoms with van der Waals surface area (Å²) in [5.41, 5.74) is 3.15. The van der Waals surface area contributed by atoms with Crippen molar-refractivity contribution < 1.29 is 9.53 Å². The first-order valence-corrected chi connectivity index (χ1v) is 13.5. The van der Waals surface area contributed by atoms with Crippen LogP contribution in [-0.4, -0.2) is 49.0 Å². The molecule has 3 aromatic rings. The quantitative estimate of drug-likeness (QED) is 0.194. The highest BCUT2D eigenvalue weighted by atomic mass is 16.5. The van der Waals surface area contributed by atoms with Crippen molar-refractivity contribution in [3.8, 4) is 11.5 Å². The Labute approximate surface area is 226 Å². The van der Waals surface area contributed by atoms with E-state index in [2.05, 4.69) is 33.0 Å². The molecule has 0 bridgehead atoms. The molecule has 0 saturated carbocycles. The summed E-state index contributed by atoms with van der Waals surface area (Å²) < 4.78 is 5.90. The minimum Gasteiger partial charge on any atom is -0.457 e. The molecule has 4 rings (SSSR count). The Kier molecular flexibility index (Phi) is 10.2. The summed E-state index contributed by atoms with van der Waals surface area (Å²) in [5, 5.41) is 18.0. The number of likely N-dealkylation sites (tertiary alicyclic amines) is 1. The summed E-state index contributed by atoms with van der Waals surface area (Å²) in [6, 6.07) is 25.6. The van der Waals surface area contributed by atoms with Crippen molar-refractivity contribution in [2.75, 3.05) is 31.5 Å². The number of hydrogen-bond donors (Lipinski definition) is 4. The van der Waals surface area contributed by atoms with Crippen LogP contribution < -0.4 is 20.7 Å². The van der Waals surface area contributed by atoms with Crippen LogP contribution in [0.4, 0.5) is 5.69 Å². The molecule has 7 heteroatoms. The number of nitrogens with one attached hydrogen (secondary N) is 4. The molecule has 0 unspecified atom stereocenters. The first-order valence-electron chi connectivity index (χ1n) is 13.5. The van der Waals surface area contributed by atoms with E-state index in [0.29, 0.717) is 19.4 Å². The molecule has 200 valence electrons. The summed E-state index contributed by atoms with van der Waals surface area (Å²) in [5.74, 6) is 1.78. The van der Waals surface area contributed by atoms with Gasteiger partial charge in [0.25, 0.3) is 0 Å². The zero-order valence-electron chi connectivity index (χ0n) is 22.2. The molecule has 1 aliphatic heterocycles. The van der Waals surface area contributed by atoms with E-state index in [0.717, 1.165) is 43.2 Å². The number of aryl methyl sites for hydroxylation is 1. The van der Waals surface area contributed by atoms with Crippen molar-refractivity contribution >= 4 is 17.6 Å². The molecule has 0 radical (unpaired) electrons. The third-order valence-corrected chi connectivity index (χ3v) is 6.72. The zero-order valence-corrected chi connectivity index (χ0v) is 22.2. The van der Waals surface area contributed by atoms with Crippen LogP contribution >= 0.6 is 0 Å². The topological polar surface area (TPSA) is 89.5 Å². The van der Waals surface area contributed by atoms with Gasteiger partial charge >= 0.3 is 0 Å². The fourth-order valence-electron chi connectivity index (χ4n) is 4.61. The van der Waals surface area contributed by atoms with Gasteiger partial charge in [-0.1, -0.05) is 48.0 Å². The Morgan fingerprint density at radius 3 is 2.29 bits per heavy atom. The Morgan fingerprint density at radius 2 is 1.61 bits per heavy atom. The highest BCUT2D eigenvalue weighted by molar-refractivity contribution is 5.91. The minimum atomic E-state index is -0.0501. The molecule has 1 heterocycles. The lowest BCUT2D eigenvalue weighted by Crippen LogP contribution is -2.41. The van der Waals surface area contributed by atoms with Crippen LogP contribution in [0, 0.1) is 12.3 Å². The van der Waals surface area contributed by atoms with E-state index in [4.69, 9.17) is 10.1 Å². The number of guanidine groups is 1. The molecule has 1 fully saturated rings. The molecule has 7 nitrogen and oxygen atoms in total. The Bertz CT molecular complexity index is 1140. The van der Waals surface area contributed by atoms with Crippen molar-refractivity contribution in [1.29, 1.82) is 5.41 Å². The molecular formula is C31H39N5O2. The molecule has 3 aromatic carbocycles. The molecule has 1 saturated heterocycles. The molecule has 0 spiro atoms. The van der Waals surface area contributed by atoms with Gasteiger partial charge in [-0.2, -0.15) is 0 Å². The number of benzene rings is 3. The number of hydrogen-bond acceptors (Lipinski definition) is 4. The summed E-state index contributed by atoms with van der Waals surface area (Å²) in [6.07, 6.45) is 4.30. The molecule has 1 aliphatic rings. The number of carbonyl (C=O) groups excluding carboxylic acids is 1. The van der Waals surface area contributed by atoms with Gasteiger partial charge in [-0.15, -0.1) is 0 Å². The number of anilines is 1. The van der Waals surface area contributed by atoms with Gasteiger partial charge in [0.2, 0.25) is 5.91 Å².